The average Bonchev–Trinajstić information content (AvgIpc) is 4.06. The van der Waals surface area contributed by atoms with Crippen LogP contribution in [-0.4, -0.2) is 93.8 Å². The van der Waals surface area contributed by atoms with Crippen LogP contribution in [0.3, 0.4) is 0 Å². The largest absolute Gasteiger partial charge is 0.481 e. The minimum Gasteiger partial charge on any atom is -0.481 e. The van der Waals surface area contributed by atoms with Gasteiger partial charge in [-0.1, -0.05) is 60.7 Å². The SMILES string of the molecule is O=C(O)C1CC(C(=O)O)CN(C(=O)c2ccc(C(=O)N3C[C@@H](C(=O)N[C@H]4C[C@@H]4c4ccccc4)[C@H](C(=O)N[C@H]4C[C@@H]4c4ccccc4)C3)cc2)C1. The zero-order valence-electron chi connectivity index (χ0n) is 27.9. The molecule has 3 aromatic carbocycles. The number of rotatable bonds is 10. The van der Waals surface area contributed by atoms with E-state index in [0.717, 1.165) is 24.0 Å². The Balaban J connectivity index is 1.03. The Labute approximate surface area is 294 Å². The Morgan fingerprint density at radius 2 is 0.882 bits per heavy atom. The molecule has 3 aromatic rings. The van der Waals surface area contributed by atoms with Gasteiger partial charge in [-0.3, -0.25) is 28.8 Å². The quantitative estimate of drug-likeness (QED) is 0.251. The van der Waals surface area contributed by atoms with Crippen LogP contribution in [0.1, 0.15) is 62.9 Å². The lowest BCUT2D eigenvalue weighted by molar-refractivity contribution is -0.149. The van der Waals surface area contributed by atoms with Gasteiger partial charge in [0, 0.05) is 61.2 Å². The molecule has 2 saturated carbocycles. The van der Waals surface area contributed by atoms with Gasteiger partial charge in [-0.15, -0.1) is 0 Å². The van der Waals surface area contributed by atoms with Crippen LogP contribution >= 0.6 is 0 Å². The van der Waals surface area contributed by atoms with E-state index in [4.69, 9.17) is 0 Å². The molecule has 8 atom stereocenters. The summed E-state index contributed by atoms with van der Waals surface area (Å²) in [5, 5.41) is 25.3. The van der Waals surface area contributed by atoms with Crippen LogP contribution in [0, 0.1) is 23.7 Å². The van der Waals surface area contributed by atoms with E-state index < -0.39 is 41.5 Å². The Morgan fingerprint density at radius 3 is 1.25 bits per heavy atom. The summed E-state index contributed by atoms with van der Waals surface area (Å²) in [6.07, 6.45) is 1.55. The van der Waals surface area contributed by atoms with Crippen molar-refractivity contribution in [2.75, 3.05) is 26.2 Å². The fraction of sp³-hybridized carbons (Fsp3) is 0.385. The lowest BCUT2D eigenvalue weighted by Gasteiger charge is -2.34. The molecular formula is C39H40N4O8. The molecule has 4 fully saturated rings. The number of carbonyl (C=O) groups excluding carboxylic acids is 4. The van der Waals surface area contributed by atoms with Crippen LogP contribution in [0.25, 0.3) is 0 Å². The van der Waals surface area contributed by atoms with Gasteiger partial charge in [0.05, 0.1) is 23.7 Å². The lowest BCUT2D eigenvalue weighted by Crippen LogP contribution is -2.48. The van der Waals surface area contributed by atoms with Crippen LogP contribution in [0.5, 0.6) is 0 Å². The van der Waals surface area contributed by atoms with Crippen molar-refractivity contribution in [3.8, 4) is 0 Å². The first kappa shape index (κ1) is 34.0. The first-order valence-electron chi connectivity index (χ1n) is 17.4. The van der Waals surface area contributed by atoms with Crippen LogP contribution in [-0.2, 0) is 19.2 Å². The number of carboxylic acids is 2. The van der Waals surface area contributed by atoms with Crippen molar-refractivity contribution in [2.24, 2.45) is 23.7 Å². The van der Waals surface area contributed by atoms with E-state index in [-0.39, 0.29) is 85.4 Å². The van der Waals surface area contributed by atoms with Crippen LogP contribution < -0.4 is 10.6 Å². The van der Waals surface area contributed by atoms with Gasteiger partial charge in [-0.05, 0) is 54.7 Å². The maximum absolute atomic E-state index is 13.8. The second-order valence-electron chi connectivity index (χ2n) is 14.3. The third-order valence-corrected chi connectivity index (χ3v) is 10.8. The van der Waals surface area contributed by atoms with Gasteiger partial charge in [-0.25, -0.2) is 0 Å². The molecule has 0 aromatic heterocycles. The van der Waals surface area contributed by atoms with Crippen LogP contribution in [0.2, 0.25) is 0 Å². The van der Waals surface area contributed by atoms with Gasteiger partial charge in [0.2, 0.25) is 11.8 Å². The van der Waals surface area contributed by atoms with Gasteiger partial charge < -0.3 is 30.6 Å². The number of benzene rings is 3. The van der Waals surface area contributed by atoms with Gasteiger partial charge in [0.25, 0.3) is 11.8 Å². The molecule has 12 heteroatoms. The predicted octanol–water partition coefficient (Wildman–Crippen LogP) is 2.97. The number of likely N-dealkylation sites (tertiary alicyclic amines) is 2. The number of carboxylic acid groups (broad SMARTS) is 2. The summed E-state index contributed by atoms with van der Waals surface area (Å²) in [6, 6.07) is 25.7. The lowest BCUT2D eigenvalue weighted by atomic mass is 9.89. The summed E-state index contributed by atoms with van der Waals surface area (Å²) in [6.45, 7) is -0.113. The average molecular weight is 693 g/mol. The van der Waals surface area contributed by atoms with Crippen LogP contribution in [0.4, 0.5) is 0 Å². The molecule has 2 aliphatic carbocycles. The standard InChI is InChI=1S/C39H40N4O8/c44-34(40-32-16-28(32)22-7-3-1-4-8-22)30-20-43(21-31(30)35(45)41-33-17-29(33)23-9-5-2-6-10-23)37(47)25-13-11-24(12-14-25)36(46)42-18-26(38(48)49)15-27(19-42)39(50)51/h1-14,26-33H,15-21H2,(H,40,44)(H,41,45)(H,48,49)(H,50,51)/t26?,27?,28-,29-,30-,31-,32+,33+/m1/s1. The summed E-state index contributed by atoms with van der Waals surface area (Å²) < 4.78 is 0. The zero-order valence-corrected chi connectivity index (χ0v) is 27.9. The van der Waals surface area contributed by atoms with Gasteiger partial charge in [0.1, 0.15) is 0 Å². The number of aliphatic carboxylic acids is 2. The Kier molecular flexibility index (Phi) is 9.33. The fourth-order valence-electron chi connectivity index (χ4n) is 7.67. The highest BCUT2D eigenvalue weighted by Crippen LogP contribution is 2.42. The molecule has 2 aliphatic heterocycles. The first-order chi connectivity index (χ1) is 24.6. The van der Waals surface area contributed by atoms with E-state index in [1.54, 1.807) is 0 Å². The van der Waals surface area contributed by atoms with Gasteiger partial charge >= 0.3 is 11.9 Å². The molecule has 0 radical (unpaired) electrons. The monoisotopic (exact) mass is 692 g/mol. The Morgan fingerprint density at radius 1 is 0.510 bits per heavy atom. The highest BCUT2D eigenvalue weighted by atomic mass is 16.4. The molecule has 7 rings (SSSR count). The van der Waals surface area contributed by atoms with E-state index in [2.05, 4.69) is 10.6 Å². The molecule has 4 amide bonds. The number of nitrogens with one attached hydrogen (secondary N) is 2. The molecular weight excluding hydrogens is 652 g/mol. The number of piperidine rings is 1. The molecule has 2 saturated heterocycles. The fourth-order valence-corrected chi connectivity index (χ4v) is 7.67. The van der Waals surface area contributed by atoms with Gasteiger partial charge in [0.15, 0.2) is 0 Å². The molecule has 12 nitrogen and oxygen atoms in total. The van der Waals surface area contributed by atoms with Crippen molar-refractivity contribution in [1.82, 2.24) is 20.4 Å². The van der Waals surface area contributed by atoms with E-state index in [0.29, 0.717) is 0 Å². The highest BCUT2D eigenvalue weighted by molar-refractivity contribution is 5.99. The van der Waals surface area contributed by atoms with Crippen molar-refractivity contribution in [1.29, 1.82) is 0 Å². The molecule has 2 unspecified atom stereocenters. The number of carbonyl (C=O) groups is 6. The molecule has 0 spiro atoms. The van der Waals surface area contributed by atoms with E-state index >= 15 is 0 Å². The third-order valence-electron chi connectivity index (χ3n) is 10.8. The Hall–Kier alpha value is -5.52. The second-order valence-corrected chi connectivity index (χ2v) is 14.3. The number of nitrogens with zero attached hydrogens (tertiary/aromatic N) is 2. The summed E-state index contributed by atoms with van der Waals surface area (Å²) in [5.41, 5.74) is 2.74. The van der Waals surface area contributed by atoms with E-state index in [9.17, 15) is 39.0 Å². The normalized spacial score (nSPS) is 28.0. The minimum atomic E-state index is -1.16. The zero-order chi connectivity index (χ0) is 35.8. The molecule has 4 aliphatic rings. The number of hydrogen-bond donors (Lipinski definition) is 4. The van der Waals surface area contributed by atoms with Crippen molar-refractivity contribution in [3.63, 3.8) is 0 Å². The van der Waals surface area contributed by atoms with E-state index in [1.807, 2.05) is 60.7 Å². The third kappa shape index (κ3) is 7.35. The summed E-state index contributed by atoms with van der Waals surface area (Å²) in [5.74, 6) is -6.83. The van der Waals surface area contributed by atoms with Crippen molar-refractivity contribution >= 4 is 35.6 Å². The molecule has 2 heterocycles. The molecule has 0 bridgehead atoms. The Bertz CT molecular complexity index is 1740. The molecule has 51 heavy (non-hydrogen) atoms. The topological polar surface area (TPSA) is 173 Å². The predicted molar refractivity (Wildman–Crippen MR) is 184 cm³/mol. The maximum Gasteiger partial charge on any atom is 0.308 e. The summed E-state index contributed by atoms with van der Waals surface area (Å²) >= 11 is 0. The second kappa shape index (κ2) is 14.0. The number of amides is 4. The maximum atomic E-state index is 13.8. The van der Waals surface area contributed by atoms with Crippen LogP contribution in [0.15, 0.2) is 84.9 Å². The van der Waals surface area contributed by atoms with Gasteiger partial charge in [-0.2, -0.15) is 0 Å². The molecule has 264 valence electrons. The molecule has 4 N–H and O–H groups in total. The van der Waals surface area contributed by atoms with Crippen molar-refractivity contribution in [2.45, 2.75) is 43.2 Å². The smallest absolute Gasteiger partial charge is 0.308 e. The van der Waals surface area contributed by atoms with Crippen molar-refractivity contribution < 1.29 is 39.0 Å². The summed E-state index contributed by atoms with van der Waals surface area (Å²) in [4.78, 5) is 80.5. The number of hydrogen-bond acceptors (Lipinski definition) is 6. The summed E-state index contributed by atoms with van der Waals surface area (Å²) in [7, 11) is 0. The van der Waals surface area contributed by atoms with Crippen molar-refractivity contribution in [3.05, 3.63) is 107 Å². The minimum absolute atomic E-state index is 0.0409. The van der Waals surface area contributed by atoms with E-state index in [1.165, 1.54) is 34.1 Å². The highest BCUT2D eigenvalue weighted by Gasteiger charge is 2.49. The first-order valence-corrected chi connectivity index (χ1v) is 17.4.